The van der Waals surface area contributed by atoms with E-state index in [1.54, 1.807) is 49.4 Å². The quantitative estimate of drug-likeness (QED) is 0.213. The van der Waals surface area contributed by atoms with Crippen LogP contribution in [0.15, 0.2) is 72.3 Å². The minimum Gasteiger partial charge on any atom is -0.508 e. The van der Waals surface area contributed by atoms with Gasteiger partial charge in [-0.05, 0) is 55.0 Å². The van der Waals surface area contributed by atoms with Gasteiger partial charge in [-0.25, -0.2) is 4.79 Å². The van der Waals surface area contributed by atoms with Crippen molar-refractivity contribution < 1.29 is 38.8 Å². The summed E-state index contributed by atoms with van der Waals surface area (Å²) in [6, 6.07) is 15.8. The van der Waals surface area contributed by atoms with Gasteiger partial charge in [0.15, 0.2) is 0 Å². The van der Waals surface area contributed by atoms with Gasteiger partial charge in [-0.15, -0.1) is 0 Å². The highest BCUT2D eigenvalue weighted by Crippen LogP contribution is 2.45. The average molecular weight is 504 g/mol. The number of ketones is 1. The Morgan fingerprint density at radius 3 is 2.16 bits per heavy atom. The second-order valence-electron chi connectivity index (χ2n) is 8.07. The van der Waals surface area contributed by atoms with E-state index in [1.165, 1.54) is 43.4 Å². The first-order chi connectivity index (χ1) is 17.8. The number of aliphatic hydroxyl groups is 1. The summed E-state index contributed by atoms with van der Waals surface area (Å²) in [4.78, 5) is 40.4. The molecule has 1 fully saturated rings. The molecule has 0 spiro atoms. The fraction of sp³-hybridized carbons (Fsp3) is 0.179. The van der Waals surface area contributed by atoms with Crippen LogP contribution < -0.4 is 14.4 Å². The summed E-state index contributed by atoms with van der Waals surface area (Å²) >= 11 is 0. The maximum Gasteiger partial charge on any atom is 0.338 e. The lowest BCUT2D eigenvalue weighted by molar-refractivity contribution is -0.132. The van der Waals surface area contributed by atoms with Gasteiger partial charge in [0, 0.05) is 5.69 Å². The molecule has 1 heterocycles. The van der Waals surface area contributed by atoms with Gasteiger partial charge >= 0.3 is 5.97 Å². The Bertz CT molecular complexity index is 1370. The predicted molar refractivity (Wildman–Crippen MR) is 135 cm³/mol. The van der Waals surface area contributed by atoms with Gasteiger partial charge in [-0.3, -0.25) is 14.5 Å². The van der Waals surface area contributed by atoms with Crippen LogP contribution in [-0.2, 0) is 14.3 Å². The zero-order valence-electron chi connectivity index (χ0n) is 20.4. The summed E-state index contributed by atoms with van der Waals surface area (Å²) in [5.41, 5.74) is 0.775. The third-order valence-electron chi connectivity index (χ3n) is 5.95. The monoisotopic (exact) mass is 503 g/mol. The summed E-state index contributed by atoms with van der Waals surface area (Å²) in [5.74, 6) is -2.47. The molecule has 1 unspecified atom stereocenters. The molecule has 4 rings (SSSR count). The highest BCUT2D eigenvalue weighted by molar-refractivity contribution is 6.51. The van der Waals surface area contributed by atoms with Gasteiger partial charge in [0.2, 0.25) is 0 Å². The van der Waals surface area contributed by atoms with Crippen LogP contribution in [0.1, 0.15) is 34.5 Å². The largest absolute Gasteiger partial charge is 0.508 e. The number of Topliss-reactive ketones (excluding diaryl/α,β-unsaturated/α-hetero) is 1. The zero-order valence-corrected chi connectivity index (χ0v) is 20.4. The first-order valence-electron chi connectivity index (χ1n) is 11.4. The number of benzene rings is 3. The molecule has 0 radical (unpaired) electrons. The number of methoxy groups -OCH3 is 2. The number of carbonyl (C=O) groups is 3. The first kappa shape index (κ1) is 25.3. The number of phenolic OH excluding ortho intramolecular Hbond substituents is 1. The second-order valence-corrected chi connectivity index (χ2v) is 8.07. The SMILES string of the molecule is CCOC(=O)c1cccc(N2C(=O)C(=O)/C(=C(/O)c3c(OC)cccc3OC)C2c2ccc(O)cc2)c1. The van der Waals surface area contributed by atoms with E-state index >= 15 is 0 Å². The molecule has 1 saturated heterocycles. The number of amides is 1. The van der Waals surface area contributed by atoms with Crippen molar-refractivity contribution in [2.45, 2.75) is 13.0 Å². The summed E-state index contributed by atoms with van der Waals surface area (Å²) in [6.45, 7) is 1.85. The number of hydrogen-bond donors (Lipinski definition) is 2. The lowest BCUT2D eigenvalue weighted by Crippen LogP contribution is -2.29. The molecule has 0 saturated carbocycles. The van der Waals surface area contributed by atoms with E-state index in [1.807, 2.05) is 0 Å². The number of anilines is 1. The number of ether oxygens (including phenoxy) is 3. The normalized spacial score (nSPS) is 16.5. The third kappa shape index (κ3) is 4.58. The van der Waals surface area contributed by atoms with Crippen LogP contribution in [-0.4, -0.2) is 48.7 Å². The van der Waals surface area contributed by atoms with Crippen LogP contribution in [0.5, 0.6) is 17.2 Å². The van der Waals surface area contributed by atoms with E-state index in [0.29, 0.717) is 5.56 Å². The van der Waals surface area contributed by atoms with Crippen LogP contribution in [0, 0.1) is 0 Å². The van der Waals surface area contributed by atoms with Crippen molar-refractivity contribution in [3.8, 4) is 17.2 Å². The number of phenols is 1. The maximum absolute atomic E-state index is 13.4. The molecule has 2 N–H and O–H groups in total. The van der Waals surface area contributed by atoms with Crippen molar-refractivity contribution in [3.63, 3.8) is 0 Å². The van der Waals surface area contributed by atoms with Gasteiger partial charge in [-0.1, -0.05) is 24.3 Å². The molecule has 37 heavy (non-hydrogen) atoms. The Balaban J connectivity index is 1.97. The number of carbonyl (C=O) groups excluding carboxylic acids is 3. The second kappa shape index (κ2) is 10.4. The van der Waals surface area contributed by atoms with Crippen molar-refractivity contribution in [3.05, 3.63) is 89.0 Å². The van der Waals surface area contributed by atoms with E-state index in [0.717, 1.165) is 0 Å². The smallest absolute Gasteiger partial charge is 0.338 e. The Morgan fingerprint density at radius 1 is 0.946 bits per heavy atom. The molecule has 1 aliphatic heterocycles. The summed E-state index contributed by atoms with van der Waals surface area (Å²) in [5, 5.41) is 21.3. The molecule has 9 nitrogen and oxygen atoms in total. The minimum absolute atomic E-state index is 0.0172. The molecular formula is C28H25NO8. The van der Waals surface area contributed by atoms with Gasteiger partial charge in [0.1, 0.15) is 28.6 Å². The number of esters is 1. The van der Waals surface area contributed by atoms with E-state index in [-0.39, 0.29) is 46.2 Å². The van der Waals surface area contributed by atoms with Crippen molar-refractivity contribution in [2.24, 2.45) is 0 Å². The van der Waals surface area contributed by atoms with E-state index in [4.69, 9.17) is 14.2 Å². The van der Waals surface area contributed by atoms with Crippen molar-refractivity contribution in [1.82, 2.24) is 0 Å². The molecule has 0 bridgehead atoms. The van der Waals surface area contributed by atoms with Crippen LogP contribution >= 0.6 is 0 Å². The van der Waals surface area contributed by atoms with Crippen molar-refractivity contribution >= 4 is 29.1 Å². The van der Waals surface area contributed by atoms with Crippen LogP contribution in [0.25, 0.3) is 5.76 Å². The number of nitrogens with zero attached hydrogens (tertiary/aromatic N) is 1. The van der Waals surface area contributed by atoms with Crippen LogP contribution in [0.4, 0.5) is 5.69 Å². The fourth-order valence-electron chi connectivity index (χ4n) is 4.29. The Hall–Kier alpha value is -4.79. The molecule has 3 aromatic carbocycles. The lowest BCUT2D eigenvalue weighted by Gasteiger charge is -2.26. The number of hydrogen-bond acceptors (Lipinski definition) is 8. The Morgan fingerprint density at radius 2 is 1.57 bits per heavy atom. The lowest BCUT2D eigenvalue weighted by atomic mass is 9.94. The molecule has 0 aromatic heterocycles. The Kier molecular flexibility index (Phi) is 7.15. The Labute approximate surface area is 213 Å². The van der Waals surface area contributed by atoms with Gasteiger partial charge in [-0.2, -0.15) is 0 Å². The highest BCUT2D eigenvalue weighted by Gasteiger charge is 2.47. The predicted octanol–water partition coefficient (Wildman–Crippen LogP) is 4.21. The third-order valence-corrected chi connectivity index (χ3v) is 5.95. The van der Waals surface area contributed by atoms with Gasteiger partial charge < -0.3 is 24.4 Å². The van der Waals surface area contributed by atoms with Gasteiger partial charge in [0.05, 0.1) is 38.0 Å². The number of aromatic hydroxyl groups is 1. The zero-order chi connectivity index (χ0) is 26.7. The number of rotatable bonds is 7. The van der Waals surface area contributed by atoms with Crippen LogP contribution in [0.2, 0.25) is 0 Å². The molecule has 3 aromatic rings. The number of aliphatic hydroxyl groups excluding tert-OH is 1. The van der Waals surface area contributed by atoms with E-state index < -0.39 is 29.5 Å². The summed E-state index contributed by atoms with van der Waals surface area (Å²) in [7, 11) is 2.81. The average Bonchev–Trinajstić information content (AvgIpc) is 3.18. The first-order valence-corrected chi connectivity index (χ1v) is 11.4. The molecule has 1 atom stereocenters. The van der Waals surface area contributed by atoms with Crippen molar-refractivity contribution in [2.75, 3.05) is 25.7 Å². The fourth-order valence-corrected chi connectivity index (χ4v) is 4.29. The van der Waals surface area contributed by atoms with Gasteiger partial charge in [0.25, 0.3) is 11.7 Å². The van der Waals surface area contributed by atoms with Crippen molar-refractivity contribution in [1.29, 1.82) is 0 Å². The molecular weight excluding hydrogens is 478 g/mol. The highest BCUT2D eigenvalue weighted by atomic mass is 16.5. The standard InChI is InChI=1S/C28H25NO8/c1-4-37-28(34)17-7-5-8-18(15-17)29-24(16-11-13-19(30)14-12-16)23(26(32)27(29)33)25(31)22-20(35-2)9-6-10-21(22)36-3/h5-15,24,30-31H,4H2,1-3H3/b25-23+. The maximum atomic E-state index is 13.4. The van der Waals surface area contributed by atoms with E-state index in [2.05, 4.69) is 0 Å². The molecule has 1 aliphatic rings. The summed E-state index contributed by atoms with van der Waals surface area (Å²) < 4.78 is 15.9. The molecule has 190 valence electrons. The molecule has 0 aliphatic carbocycles. The van der Waals surface area contributed by atoms with Crippen LogP contribution in [0.3, 0.4) is 0 Å². The topological polar surface area (TPSA) is 123 Å². The molecule has 1 amide bonds. The summed E-state index contributed by atoms with van der Waals surface area (Å²) in [6.07, 6.45) is 0. The molecule has 9 heteroatoms. The van der Waals surface area contributed by atoms with E-state index in [9.17, 15) is 24.6 Å². The minimum atomic E-state index is -1.09.